The first-order chi connectivity index (χ1) is 30.9. The van der Waals surface area contributed by atoms with Crippen molar-refractivity contribution >= 4 is 35.0 Å². The Morgan fingerprint density at radius 2 is 1.17 bits per heavy atom. The highest BCUT2D eigenvalue weighted by atomic mass is 16.5. The number of benzene rings is 3. The number of fused-ring (bicyclic) bond motifs is 6. The first-order valence-corrected chi connectivity index (χ1v) is 22.7. The van der Waals surface area contributed by atoms with E-state index in [-0.39, 0.29) is 35.7 Å². The van der Waals surface area contributed by atoms with E-state index in [9.17, 15) is 19.2 Å². The van der Waals surface area contributed by atoms with Gasteiger partial charge in [-0.25, -0.2) is 19.6 Å². The number of methoxy groups -OCH3 is 2. The molecule has 3 saturated heterocycles. The second-order valence-corrected chi connectivity index (χ2v) is 18.5. The number of hydrogen-bond acceptors (Lipinski definition) is 9. The molecule has 0 saturated carbocycles. The van der Waals surface area contributed by atoms with E-state index in [0.29, 0.717) is 25.2 Å². The van der Waals surface area contributed by atoms with Crippen molar-refractivity contribution in [3.05, 3.63) is 83.6 Å². The maximum Gasteiger partial charge on any atom is 0.407 e. The zero-order chi connectivity index (χ0) is 45.0. The lowest BCUT2D eigenvalue weighted by Crippen LogP contribution is -2.51. The van der Waals surface area contributed by atoms with Crippen LogP contribution in [-0.2, 0) is 19.1 Å². The van der Waals surface area contributed by atoms with Crippen molar-refractivity contribution in [3.63, 3.8) is 0 Å². The SMILES string of the molecule is COC(=O)N[C@H](C(=O)N1CCC[C@H]1c1ncc(-c2ccc(-c3ccc(-c4ccc5nc([C@@H]6CCCN6C(=O)[C@@H](NC(=O)OC)C(C)C)[nH]c5c4)c4c3C3CCC4N3C)cc2)[nH]1)C(C)C. The monoisotopic (exact) mass is 869 g/mol. The molecule has 6 heterocycles. The zero-order valence-electron chi connectivity index (χ0n) is 37.7. The van der Waals surface area contributed by atoms with Gasteiger partial charge in [0.2, 0.25) is 11.8 Å². The summed E-state index contributed by atoms with van der Waals surface area (Å²) in [6.07, 6.45) is 6.11. The molecule has 3 aromatic carbocycles. The molecule has 15 nitrogen and oxygen atoms in total. The number of amides is 4. The van der Waals surface area contributed by atoms with Crippen LogP contribution in [0.4, 0.5) is 9.59 Å². The molecule has 6 atom stereocenters. The van der Waals surface area contributed by atoms with Crippen LogP contribution in [0.5, 0.6) is 0 Å². The first kappa shape index (κ1) is 43.1. The zero-order valence-corrected chi connectivity index (χ0v) is 37.7. The highest BCUT2D eigenvalue weighted by molar-refractivity contribution is 5.89. The van der Waals surface area contributed by atoms with E-state index in [2.05, 4.69) is 87.1 Å². The van der Waals surface area contributed by atoms with Gasteiger partial charge in [-0.3, -0.25) is 14.5 Å². The minimum Gasteiger partial charge on any atom is -0.453 e. The highest BCUT2D eigenvalue weighted by Crippen LogP contribution is 2.57. The minimum absolute atomic E-state index is 0.106. The molecule has 4 aliphatic rings. The number of aromatic amines is 2. The van der Waals surface area contributed by atoms with Crippen LogP contribution >= 0.6 is 0 Å². The highest BCUT2D eigenvalue weighted by Gasteiger charge is 2.45. The van der Waals surface area contributed by atoms with Gasteiger partial charge in [0, 0.05) is 25.2 Å². The smallest absolute Gasteiger partial charge is 0.407 e. The molecule has 2 unspecified atom stereocenters. The fourth-order valence-corrected chi connectivity index (χ4v) is 10.7. The number of imidazole rings is 2. The van der Waals surface area contributed by atoms with E-state index in [1.165, 1.54) is 36.5 Å². The second-order valence-electron chi connectivity index (χ2n) is 18.5. The van der Waals surface area contributed by atoms with Crippen LogP contribution in [0.15, 0.2) is 60.8 Å². The molecule has 64 heavy (non-hydrogen) atoms. The van der Waals surface area contributed by atoms with E-state index in [1.54, 1.807) is 0 Å². The summed E-state index contributed by atoms with van der Waals surface area (Å²) < 4.78 is 9.61. The summed E-state index contributed by atoms with van der Waals surface area (Å²) in [5.74, 6) is 1.02. The van der Waals surface area contributed by atoms with E-state index in [0.717, 1.165) is 83.6 Å². The van der Waals surface area contributed by atoms with Crippen LogP contribution in [0, 0.1) is 11.8 Å². The average Bonchev–Trinajstić information content (AvgIpc) is 4.17. The van der Waals surface area contributed by atoms with Crippen LogP contribution in [0.3, 0.4) is 0 Å². The predicted octanol–water partition coefficient (Wildman–Crippen LogP) is 8.20. The summed E-state index contributed by atoms with van der Waals surface area (Å²) >= 11 is 0. The topological polar surface area (TPSA) is 178 Å². The molecule has 9 rings (SSSR count). The number of alkyl carbamates (subject to hydrolysis) is 2. The van der Waals surface area contributed by atoms with Crippen molar-refractivity contribution in [3.8, 4) is 33.5 Å². The third-order valence-corrected chi connectivity index (χ3v) is 14.0. The van der Waals surface area contributed by atoms with Gasteiger partial charge in [-0.05, 0) is 108 Å². The number of carbonyl (C=O) groups is 4. The fraction of sp³-hybridized carbons (Fsp3) is 0.469. The summed E-state index contributed by atoms with van der Waals surface area (Å²) in [6, 6.07) is 18.5. The number of aromatic nitrogens is 4. The van der Waals surface area contributed by atoms with Gasteiger partial charge in [0.25, 0.3) is 0 Å². The second kappa shape index (κ2) is 17.4. The third-order valence-electron chi connectivity index (χ3n) is 14.0. The predicted molar refractivity (Wildman–Crippen MR) is 243 cm³/mol. The lowest BCUT2D eigenvalue weighted by Gasteiger charge is -2.30. The van der Waals surface area contributed by atoms with Crippen molar-refractivity contribution in [1.82, 2.24) is 45.3 Å². The number of likely N-dealkylation sites (tertiary alicyclic amines) is 2. The largest absolute Gasteiger partial charge is 0.453 e. The summed E-state index contributed by atoms with van der Waals surface area (Å²) in [7, 11) is 4.85. The van der Waals surface area contributed by atoms with Gasteiger partial charge < -0.3 is 39.9 Å². The number of hydrogen-bond donors (Lipinski definition) is 4. The van der Waals surface area contributed by atoms with Crippen LogP contribution in [-0.4, -0.2) is 105 Å². The van der Waals surface area contributed by atoms with Gasteiger partial charge >= 0.3 is 12.2 Å². The molecule has 0 aliphatic carbocycles. The Morgan fingerprint density at radius 3 is 1.72 bits per heavy atom. The number of nitrogens with one attached hydrogen (secondary N) is 4. The molecule has 4 aliphatic heterocycles. The summed E-state index contributed by atoms with van der Waals surface area (Å²) in [5.41, 5.74) is 11.2. The van der Waals surface area contributed by atoms with Gasteiger partial charge in [-0.1, -0.05) is 70.2 Å². The number of rotatable bonds is 11. The van der Waals surface area contributed by atoms with Crippen molar-refractivity contribution in [2.24, 2.45) is 11.8 Å². The number of H-pyrrole nitrogens is 2. The Labute approximate surface area is 373 Å². The molecule has 336 valence electrons. The molecule has 15 heteroatoms. The lowest BCUT2D eigenvalue weighted by atomic mass is 9.81. The van der Waals surface area contributed by atoms with Gasteiger partial charge in [-0.2, -0.15) is 0 Å². The van der Waals surface area contributed by atoms with Gasteiger partial charge in [-0.15, -0.1) is 0 Å². The number of ether oxygens (including phenoxy) is 2. The molecule has 4 amide bonds. The molecule has 2 bridgehead atoms. The first-order valence-electron chi connectivity index (χ1n) is 22.7. The van der Waals surface area contributed by atoms with Crippen molar-refractivity contribution < 1.29 is 28.7 Å². The van der Waals surface area contributed by atoms with Gasteiger partial charge in [0.1, 0.15) is 23.7 Å². The fourth-order valence-electron chi connectivity index (χ4n) is 10.7. The molecule has 0 radical (unpaired) electrons. The quantitative estimate of drug-likeness (QED) is 0.102. The average molecular weight is 870 g/mol. The van der Waals surface area contributed by atoms with Crippen LogP contribution in [0.1, 0.15) is 113 Å². The van der Waals surface area contributed by atoms with E-state index < -0.39 is 24.3 Å². The Kier molecular flexibility index (Phi) is 11.7. The summed E-state index contributed by atoms with van der Waals surface area (Å²) in [4.78, 5) is 74.7. The molecule has 3 fully saturated rings. The van der Waals surface area contributed by atoms with Crippen LogP contribution < -0.4 is 10.6 Å². The molecule has 4 N–H and O–H groups in total. The van der Waals surface area contributed by atoms with Crippen molar-refractivity contribution in [1.29, 1.82) is 0 Å². The van der Waals surface area contributed by atoms with E-state index in [1.807, 2.05) is 43.7 Å². The normalized spacial score (nSPS) is 21.5. The van der Waals surface area contributed by atoms with E-state index >= 15 is 0 Å². The Morgan fingerprint density at radius 1 is 0.656 bits per heavy atom. The standard InChI is InChI=1S/C49H59N9O6/c1-26(2)42(54-48(61)63-6)46(59)57-22-8-10-38(57)44-50-25-35(53-44)29-14-12-28(13-15-29)31-17-18-32(41-37-21-20-36(40(31)41)56(37)5)30-16-19-33-34(24-30)52-45(51-33)39-11-9-23-58(39)47(60)43(27(3)4)55-49(62)64-7/h12-19,24-27,36-39,42-43H,8-11,20-23H2,1-7H3,(H,50,53)(H,51,52)(H,54,61)(H,55,62)/t36?,37?,38-,39-,42-,43-/m0/s1. The van der Waals surface area contributed by atoms with Gasteiger partial charge in [0.05, 0.1) is 49.2 Å². The molecule has 2 aromatic heterocycles. The molecule has 0 spiro atoms. The maximum atomic E-state index is 13.8. The van der Waals surface area contributed by atoms with Crippen LogP contribution in [0.25, 0.3) is 44.5 Å². The Bertz CT molecular complexity index is 2580. The Hall–Kier alpha value is -6.22. The lowest BCUT2D eigenvalue weighted by molar-refractivity contribution is -0.136. The maximum absolute atomic E-state index is 13.8. The van der Waals surface area contributed by atoms with Gasteiger partial charge in [0.15, 0.2) is 0 Å². The van der Waals surface area contributed by atoms with Crippen molar-refractivity contribution in [2.45, 2.75) is 102 Å². The summed E-state index contributed by atoms with van der Waals surface area (Å²) in [6.45, 7) is 8.86. The number of nitrogens with zero attached hydrogens (tertiary/aromatic N) is 5. The minimum atomic E-state index is -0.693. The molecular weight excluding hydrogens is 811 g/mol. The van der Waals surface area contributed by atoms with Crippen LogP contribution in [0.2, 0.25) is 0 Å². The molecular formula is C49H59N9O6. The molecule has 5 aromatic rings. The number of carbonyl (C=O) groups excluding carboxylic acids is 4. The van der Waals surface area contributed by atoms with Crippen molar-refractivity contribution in [2.75, 3.05) is 34.4 Å². The Balaban J connectivity index is 0.962. The van der Waals surface area contributed by atoms with E-state index in [4.69, 9.17) is 19.4 Å². The summed E-state index contributed by atoms with van der Waals surface area (Å²) in [5, 5.41) is 5.46. The third kappa shape index (κ3) is 7.66.